The van der Waals surface area contributed by atoms with Crippen molar-refractivity contribution in [1.82, 2.24) is 35.1 Å². The van der Waals surface area contributed by atoms with Crippen molar-refractivity contribution in [2.75, 3.05) is 19.6 Å². The van der Waals surface area contributed by atoms with E-state index in [1.54, 1.807) is 46.2 Å². The lowest BCUT2D eigenvalue weighted by Gasteiger charge is -2.27. The van der Waals surface area contributed by atoms with E-state index in [-0.39, 0.29) is 36.6 Å². The summed E-state index contributed by atoms with van der Waals surface area (Å²) in [5.74, 6) is 0.618. The molecule has 2 aliphatic heterocycles. The fourth-order valence-corrected chi connectivity index (χ4v) is 6.23. The summed E-state index contributed by atoms with van der Waals surface area (Å²) in [6.07, 6.45) is 2.44. The van der Waals surface area contributed by atoms with E-state index in [1.165, 1.54) is 0 Å². The van der Waals surface area contributed by atoms with E-state index in [4.69, 9.17) is 19.4 Å². The molecule has 4 heterocycles. The smallest absolute Gasteiger partial charge is 0.410 e. The summed E-state index contributed by atoms with van der Waals surface area (Å²) in [5, 5.41) is 2.72. The third kappa shape index (κ3) is 7.14. The van der Waals surface area contributed by atoms with Crippen molar-refractivity contribution in [2.45, 2.75) is 90.5 Å². The summed E-state index contributed by atoms with van der Waals surface area (Å²) < 4.78 is 11.2. The first kappa shape index (κ1) is 33.0. The van der Waals surface area contributed by atoms with Crippen LogP contribution in [0.2, 0.25) is 0 Å². The number of hydrogen-bond acceptors (Lipinski definition) is 8. The topological polar surface area (TPSA) is 163 Å². The maximum atomic E-state index is 13.1. The van der Waals surface area contributed by atoms with Crippen LogP contribution in [0.4, 0.5) is 9.59 Å². The molecule has 13 heteroatoms. The zero-order valence-electron chi connectivity index (χ0n) is 28.3. The zero-order chi connectivity index (χ0) is 34.4. The average molecular weight is 658 g/mol. The van der Waals surface area contributed by atoms with Gasteiger partial charge in [0.05, 0.1) is 40.7 Å². The van der Waals surface area contributed by atoms with E-state index in [0.717, 1.165) is 36.7 Å². The van der Waals surface area contributed by atoms with Crippen molar-refractivity contribution < 1.29 is 28.7 Å². The van der Waals surface area contributed by atoms with Gasteiger partial charge in [-0.1, -0.05) is 0 Å². The van der Waals surface area contributed by atoms with Gasteiger partial charge in [0.1, 0.15) is 22.9 Å². The highest BCUT2D eigenvalue weighted by atomic mass is 16.6. The van der Waals surface area contributed by atoms with Crippen molar-refractivity contribution in [1.29, 1.82) is 0 Å². The second-order valence-electron chi connectivity index (χ2n) is 14.5. The van der Waals surface area contributed by atoms with Crippen LogP contribution in [0.1, 0.15) is 112 Å². The zero-order valence-corrected chi connectivity index (χ0v) is 28.3. The summed E-state index contributed by atoms with van der Waals surface area (Å²) in [6, 6.07) is 9.80. The Hall–Kier alpha value is -4.94. The maximum Gasteiger partial charge on any atom is 0.410 e. The molecule has 254 valence electrons. The first-order valence-electron chi connectivity index (χ1n) is 16.5. The molecule has 0 unspecified atom stereocenters. The molecule has 4 aromatic rings. The lowest BCUT2D eigenvalue weighted by Crippen LogP contribution is -2.36. The SMILES string of the molecule is CC(C)(C)OC(=O)N1CCC[C@H]1c1nc2cc(C(=O)CNC(=O)c3ccc4[nH]c([C@@H]5CCCN5C(=O)OC(C)(C)C)nc4c3)ccc2[nH]1. The minimum atomic E-state index is -0.598. The van der Waals surface area contributed by atoms with Gasteiger partial charge >= 0.3 is 12.2 Å². The van der Waals surface area contributed by atoms with E-state index >= 15 is 0 Å². The predicted octanol–water partition coefficient (Wildman–Crippen LogP) is 6.20. The highest BCUT2D eigenvalue weighted by Crippen LogP contribution is 2.34. The van der Waals surface area contributed by atoms with Crippen molar-refractivity contribution in [3.8, 4) is 0 Å². The van der Waals surface area contributed by atoms with Gasteiger partial charge in [-0.15, -0.1) is 0 Å². The third-order valence-electron chi connectivity index (χ3n) is 8.39. The van der Waals surface area contributed by atoms with Crippen molar-refractivity contribution in [3.63, 3.8) is 0 Å². The number of H-pyrrole nitrogens is 2. The molecular weight excluding hydrogens is 614 g/mol. The Balaban J connectivity index is 1.10. The largest absolute Gasteiger partial charge is 0.444 e. The number of likely N-dealkylation sites (tertiary alicyclic amines) is 2. The maximum absolute atomic E-state index is 13.1. The third-order valence-corrected chi connectivity index (χ3v) is 8.39. The highest BCUT2D eigenvalue weighted by molar-refractivity contribution is 6.04. The normalized spacial score (nSPS) is 18.5. The number of nitrogens with zero attached hydrogens (tertiary/aromatic N) is 4. The number of benzene rings is 2. The number of nitrogens with one attached hydrogen (secondary N) is 3. The predicted molar refractivity (Wildman–Crippen MR) is 179 cm³/mol. The quantitative estimate of drug-likeness (QED) is 0.207. The van der Waals surface area contributed by atoms with Gasteiger partial charge < -0.3 is 24.8 Å². The Morgan fingerprint density at radius 3 is 1.69 bits per heavy atom. The summed E-state index contributed by atoms with van der Waals surface area (Å²) >= 11 is 0. The van der Waals surface area contributed by atoms with Crippen LogP contribution in [0, 0.1) is 0 Å². The van der Waals surface area contributed by atoms with Crippen LogP contribution in [-0.4, -0.2) is 84.4 Å². The van der Waals surface area contributed by atoms with E-state index in [1.807, 2.05) is 41.5 Å². The molecule has 3 amide bonds. The van der Waals surface area contributed by atoms with Crippen molar-refractivity contribution >= 4 is 45.9 Å². The van der Waals surface area contributed by atoms with Crippen molar-refractivity contribution in [3.05, 3.63) is 59.2 Å². The second kappa shape index (κ2) is 12.6. The van der Waals surface area contributed by atoms with Crippen LogP contribution in [-0.2, 0) is 9.47 Å². The summed E-state index contributed by atoms with van der Waals surface area (Å²) in [7, 11) is 0. The number of hydrogen-bond donors (Lipinski definition) is 3. The Morgan fingerprint density at radius 2 is 1.21 bits per heavy atom. The minimum Gasteiger partial charge on any atom is -0.444 e. The van der Waals surface area contributed by atoms with Gasteiger partial charge in [0.2, 0.25) is 0 Å². The molecule has 13 nitrogen and oxygen atoms in total. The van der Waals surface area contributed by atoms with E-state index in [0.29, 0.717) is 46.9 Å². The molecule has 2 saturated heterocycles. The summed E-state index contributed by atoms with van der Waals surface area (Å²) in [4.78, 5) is 71.2. The molecule has 0 spiro atoms. The number of carbonyl (C=O) groups is 4. The number of fused-ring (bicyclic) bond motifs is 2. The van der Waals surface area contributed by atoms with Gasteiger partial charge in [0.15, 0.2) is 5.78 Å². The van der Waals surface area contributed by atoms with Gasteiger partial charge in [-0.2, -0.15) is 0 Å². The van der Waals surface area contributed by atoms with Crippen LogP contribution in [0.5, 0.6) is 0 Å². The Morgan fingerprint density at radius 1 is 0.750 bits per heavy atom. The van der Waals surface area contributed by atoms with E-state index in [9.17, 15) is 19.2 Å². The van der Waals surface area contributed by atoms with Gasteiger partial charge in [0, 0.05) is 24.2 Å². The van der Waals surface area contributed by atoms with Crippen LogP contribution in [0.25, 0.3) is 22.1 Å². The Kier molecular flexibility index (Phi) is 8.65. The van der Waals surface area contributed by atoms with Gasteiger partial charge in [-0.25, -0.2) is 19.6 Å². The number of Topliss-reactive ketones (excluding diaryl/α,β-unsaturated/α-hetero) is 1. The molecular formula is C35H43N7O6. The molecule has 6 rings (SSSR count). The first-order chi connectivity index (χ1) is 22.6. The number of rotatable bonds is 6. The van der Waals surface area contributed by atoms with Crippen LogP contribution in [0.15, 0.2) is 36.4 Å². The minimum absolute atomic E-state index is 0.201. The standard InChI is InChI=1S/C35H43N7O6/c1-34(2,3)47-32(45)41-15-7-9-26(41)29-37-22-13-11-20(17-24(22)39-29)28(43)19-36-31(44)21-12-14-23-25(18-21)40-30(38-23)27-10-8-16-42(27)33(46)48-35(4,5)6/h11-14,17-18,26-27H,7-10,15-16,19H2,1-6H3,(H,36,44)(H,37,39)(H,38,40)/t26-,27-/m0/s1. The highest BCUT2D eigenvalue weighted by Gasteiger charge is 2.36. The fourth-order valence-electron chi connectivity index (χ4n) is 6.23. The number of imidazole rings is 2. The molecule has 2 fully saturated rings. The molecule has 3 N–H and O–H groups in total. The molecule has 0 bridgehead atoms. The molecule has 2 aliphatic rings. The Labute approximate surface area is 278 Å². The first-order valence-corrected chi connectivity index (χ1v) is 16.5. The van der Waals surface area contributed by atoms with E-state index < -0.39 is 17.1 Å². The molecule has 0 radical (unpaired) electrons. The van der Waals surface area contributed by atoms with Crippen molar-refractivity contribution in [2.24, 2.45) is 0 Å². The number of ketones is 1. The van der Waals surface area contributed by atoms with Gasteiger partial charge in [0.25, 0.3) is 5.91 Å². The molecule has 0 saturated carbocycles. The molecule has 48 heavy (non-hydrogen) atoms. The summed E-state index contributed by atoms with van der Waals surface area (Å²) in [6.45, 7) is 12.0. The lowest BCUT2D eigenvalue weighted by atomic mass is 10.1. The number of carbonyl (C=O) groups excluding carboxylic acids is 4. The molecule has 2 aromatic heterocycles. The van der Waals surface area contributed by atoms with Gasteiger partial charge in [-0.05, 0) is 104 Å². The van der Waals surface area contributed by atoms with E-state index in [2.05, 4.69) is 15.3 Å². The summed E-state index contributed by atoms with van der Waals surface area (Å²) in [5.41, 5.74) is 2.27. The average Bonchev–Trinajstić information content (AvgIpc) is 3.81. The monoisotopic (exact) mass is 657 g/mol. The van der Waals surface area contributed by atoms with Crippen LogP contribution < -0.4 is 5.32 Å². The van der Waals surface area contributed by atoms with Crippen LogP contribution in [0.3, 0.4) is 0 Å². The second-order valence-corrected chi connectivity index (χ2v) is 14.5. The van der Waals surface area contributed by atoms with Crippen LogP contribution >= 0.6 is 0 Å². The molecule has 0 aliphatic carbocycles. The number of aromatic amines is 2. The number of amides is 3. The van der Waals surface area contributed by atoms with Gasteiger partial charge in [-0.3, -0.25) is 19.4 Å². The number of aromatic nitrogens is 4. The number of ether oxygens (including phenoxy) is 2. The fraction of sp³-hybridized carbons (Fsp3) is 0.486. The molecule has 2 aromatic carbocycles. The Bertz CT molecular complexity index is 1750. The molecule has 2 atom stereocenters. The lowest BCUT2D eigenvalue weighted by molar-refractivity contribution is 0.0208.